The number of nitrogens with one attached hydrogen (secondary N) is 2. The zero-order chi connectivity index (χ0) is 16.9. The first-order valence-electron chi connectivity index (χ1n) is 6.88. The third-order valence-corrected chi connectivity index (χ3v) is 5.47. The topological polar surface area (TPSA) is 88.4 Å². The van der Waals surface area contributed by atoms with Gasteiger partial charge in [-0.1, -0.05) is 6.07 Å². The zero-order valence-electron chi connectivity index (χ0n) is 12.8. The molecule has 1 unspecified atom stereocenters. The molecule has 0 fully saturated rings. The maximum Gasteiger partial charge on any atom is 0.241 e. The number of carbonyl (C=O) groups excluding carboxylic acids is 1. The second kappa shape index (κ2) is 7.67. The summed E-state index contributed by atoms with van der Waals surface area (Å²) in [7, 11) is -3.69. The first-order valence-corrected chi connectivity index (χ1v) is 9.65. The van der Waals surface area contributed by atoms with Crippen LogP contribution in [-0.4, -0.2) is 25.8 Å². The van der Waals surface area contributed by atoms with E-state index in [0.717, 1.165) is 0 Å². The molecule has 0 saturated heterocycles. The van der Waals surface area contributed by atoms with Gasteiger partial charge in [-0.3, -0.25) is 4.79 Å². The monoisotopic (exact) mass is 354 g/mol. The fraction of sp³-hybridized carbons (Fsp3) is 0.267. The normalized spacial score (nSPS) is 12.8. The third-order valence-electron chi connectivity index (χ3n) is 3.15. The van der Waals surface area contributed by atoms with Crippen molar-refractivity contribution in [2.45, 2.75) is 23.6 Å². The average Bonchev–Trinajstić information content (AvgIpc) is 3.06. The molecule has 124 valence electrons. The molecular formula is C15H18N2O4S2. The maximum atomic E-state index is 12.3. The number of benzene rings is 1. The van der Waals surface area contributed by atoms with Crippen LogP contribution in [0.25, 0.3) is 0 Å². The van der Waals surface area contributed by atoms with Crippen LogP contribution in [-0.2, 0) is 21.4 Å². The highest BCUT2D eigenvalue weighted by molar-refractivity contribution is 7.99. The number of carbonyl (C=O) groups is 1. The summed E-state index contributed by atoms with van der Waals surface area (Å²) >= 11 is 1.42. The molecule has 2 N–H and O–H groups in total. The molecule has 1 heterocycles. The Kier molecular flexibility index (Phi) is 5.86. The molecule has 6 nitrogen and oxygen atoms in total. The molecule has 0 spiro atoms. The molecule has 2 aromatic rings. The summed E-state index contributed by atoms with van der Waals surface area (Å²) in [4.78, 5) is 12.0. The smallest absolute Gasteiger partial charge is 0.241 e. The van der Waals surface area contributed by atoms with Crippen LogP contribution in [0.1, 0.15) is 12.7 Å². The number of furan rings is 1. The lowest BCUT2D eigenvalue weighted by Crippen LogP contribution is -2.24. The van der Waals surface area contributed by atoms with Gasteiger partial charge >= 0.3 is 0 Å². The van der Waals surface area contributed by atoms with E-state index in [-0.39, 0.29) is 22.6 Å². The predicted octanol–water partition coefficient (Wildman–Crippen LogP) is 2.45. The number of hydrogen-bond donors (Lipinski definition) is 2. The second-order valence-electron chi connectivity index (χ2n) is 4.80. The van der Waals surface area contributed by atoms with Crippen molar-refractivity contribution >= 4 is 33.4 Å². The SMILES string of the molecule is CSC(C)C(=O)Nc1cccc(S(=O)(=O)NCc2ccco2)c1. The van der Waals surface area contributed by atoms with Crippen LogP contribution in [0.4, 0.5) is 5.69 Å². The van der Waals surface area contributed by atoms with Crippen LogP contribution < -0.4 is 10.0 Å². The predicted molar refractivity (Wildman–Crippen MR) is 90.8 cm³/mol. The zero-order valence-corrected chi connectivity index (χ0v) is 14.4. The summed E-state index contributed by atoms with van der Waals surface area (Å²) in [5, 5.41) is 2.49. The standard InChI is InChI=1S/C15H18N2O4S2/c1-11(22-2)15(18)17-12-5-3-7-14(9-12)23(19,20)16-10-13-6-4-8-21-13/h3-9,11,16H,10H2,1-2H3,(H,17,18). The van der Waals surface area contributed by atoms with E-state index in [1.165, 1.54) is 30.2 Å². The van der Waals surface area contributed by atoms with E-state index in [4.69, 9.17) is 4.42 Å². The summed E-state index contributed by atoms with van der Waals surface area (Å²) in [6.45, 7) is 1.85. The van der Waals surface area contributed by atoms with Gasteiger partial charge in [-0.25, -0.2) is 13.1 Å². The van der Waals surface area contributed by atoms with Gasteiger partial charge in [-0.2, -0.15) is 11.8 Å². The summed E-state index contributed by atoms with van der Waals surface area (Å²) in [6, 6.07) is 9.50. The highest BCUT2D eigenvalue weighted by atomic mass is 32.2. The van der Waals surface area contributed by atoms with E-state index in [9.17, 15) is 13.2 Å². The van der Waals surface area contributed by atoms with Crippen molar-refractivity contribution in [3.05, 3.63) is 48.4 Å². The summed E-state index contributed by atoms with van der Waals surface area (Å²) in [5.41, 5.74) is 0.441. The Labute approximate surface area is 139 Å². The van der Waals surface area contributed by atoms with E-state index < -0.39 is 10.0 Å². The molecule has 23 heavy (non-hydrogen) atoms. The van der Waals surface area contributed by atoms with Gasteiger partial charge in [-0.05, 0) is 43.5 Å². The minimum Gasteiger partial charge on any atom is -0.468 e. The van der Waals surface area contributed by atoms with Gasteiger partial charge in [0.05, 0.1) is 23.0 Å². The van der Waals surface area contributed by atoms with Crippen molar-refractivity contribution < 1.29 is 17.6 Å². The van der Waals surface area contributed by atoms with Gasteiger partial charge in [-0.15, -0.1) is 0 Å². The van der Waals surface area contributed by atoms with Gasteiger partial charge in [0.2, 0.25) is 15.9 Å². The lowest BCUT2D eigenvalue weighted by Gasteiger charge is -2.11. The van der Waals surface area contributed by atoms with E-state index in [0.29, 0.717) is 11.4 Å². The van der Waals surface area contributed by atoms with Crippen molar-refractivity contribution in [2.75, 3.05) is 11.6 Å². The van der Waals surface area contributed by atoms with Gasteiger partial charge in [0.1, 0.15) is 5.76 Å². The molecule has 1 amide bonds. The van der Waals surface area contributed by atoms with E-state index in [2.05, 4.69) is 10.0 Å². The molecule has 0 aliphatic rings. The van der Waals surface area contributed by atoms with Crippen molar-refractivity contribution in [3.8, 4) is 0 Å². The van der Waals surface area contributed by atoms with E-state index >= 15 is 0 Å². The Morgan fingerprint density at radius 1 is 1.30 bits per heavy atom. The number of rotatable bonds is 7. The molecule has 8 heteroatoms. The van der Waals surface area contributed by atoms with Crippen LogP contribution in [0.3, 0.4) is 0 Å². The van der Waals surface area contributed by atoms with Gasteiger partial charge in [0, 0.05) is 5.69 Å². The Hall–Kier alpha value is -1.77. The van der Waals surface area contributed by atoms with Crippen molar-refractivity contribution in [2.24, 2.45) is 0 Å². The molecule has 0 bridgehead atoms. The van der Waals surface area contributed by atoms with Crippen LogP contribution in [0.15, 0.2) is 52.0 Å². The average molecular weight is 354 g/mol. The van der Waals surface area contributed by atoms with Crippen LogP contribution in [0.2, 0.25) is 0 Å². The fourth-order valence-electron chi connectivity index (χ4n) is 1.75. The molecule has 0 radical (unpaired) electrons. The minimum atomic E-state index is -3.69. The van der Waals surface area contributed by atoms with Crippen molar-refractivity contribution in [3.63, 3.8) is 0 Å². The first kappa shape index (κ1) is 17.6. The quantitative estimate of drug-likeness (QED) is 0.797. The minimum absolute atomic E-state index is 0.0649. The number of amides is 1. The molecule has 2 rings (SSSR count). The fourth-order valence-corrected chi connectivity index (χ4v) is 3.07. The van der Waals surface area contributed by atoms with Crippen molar-refractivity contribution in [1.29, 1.82) is 0 Å². The van der Waals surface area contributed by atoms with Crippen molar-refractivity contribution in [1.82, 2.24) is 4.72 Å². The second-order valence-corrected chi connectivity index (χ2v) is 7.74. The molecule has 0 aliphatic heterocycles. The van der Waals surface area contributed by atoms with Gasteiger partial charge in [0.25, 0.3) is 0 Å². The van der Waals surface area contributed by atoms with Crippen LogP contribution in [0, 0.1) is 0 Å². The number of sulfonamides is 1. The van der Waals surface area contributed by atoms with Gasteiger partial charge in [0.15, 0.2) is 0 Å². The molecule has 1 aromatic carbocycles. The summed E-state index contributed by atoms with van der Waals surface area (Å²) < 4.78 is 32.1. The Morgan fingerprint density at radius 3 is 2.74 bits per heavy atom. The molecule has 1 atom stereocenters. The largest absolute Gasteiger partial charge is 0.468 e. The van der Waals surface area contributed by atoms with E-state index in [1.54, 1.807) is 31.2 Å². The maximum absolute atomic E-state index is 12.3. The number of hydrogen-bond acceptors (Lipinski definition) is 5. The Balaban J connectivity index is 2.10. The molecular weight excluding hydrogens is 336 g/mol. The third kappa shape index (κ3) is 4.85. The highest BCUT2D eigenvalue weighted by Crippen LogP contribution is 2.17. The highest BCUT2D eigenvalue weighted by Gasteiger charge is 2.16. The lowest BCUT2D eigenvalue weighted by atomic mass is 10.3. The van der Waals surface area contributed by atoms with Crippen LogP contribution >= 0.6 is 11.8 Å². The van der Waals surface area contributed by atoms with Crippen LogP contribution in [0.5, 0.6) is 0 Å². The number of thioether (sulfide) groups is 1. The molecule has 1 aromatic heterocycles. The summed E-state index contributed by atoms with van der Waals surface area (Å²) in [6.07, 6.45) is 3.32. The Morgan fingerprint density at radius 2 is 2.09 bits per heavy atom. The molecule has 0 saturated carbocycles. The van der Waals surface area contributed by atoms with Gasteiger partial charge < -0.3 is 9.73 Å². The molecule has 0 aliphatic carbocycles. The first-order chi connectivity index (χ1) is 10.9. The van der Waals surface area contributed by atoms with E-state index in [1.807, 2.05) is 6.26 Å². The lowest BCUT2D eigenvalue weighted by molar-refractivity contribution is -0.115. The number of anilines is 1. The Bertz CT molecular complexity index is 758. The summed E-state index contributed by atoms with van der Waals surface area (Å²) in [5.74, 6) is 0.349.